The molecular weight excluding hydrogens is 436 g/mol. The van der Waals surface area contributed by atoms with Crippen LogP contribution < -0.4 is 5.32 Å². The van der Waals surface area contributed by atoms with Gasteiger partial charge in [-0.1, -0.05) is 42.2 Å². The van der Waals surface area contributed by atoms with Crippen molar-refractivity contribution in [2.75, 3.05) is 19.0 Å². The number of methoxy groups -OCH3 is 1. The van der Waals surface area contributed by atoms with Crippen LogP contribution in [0.5, 0.6) is 5.75 Å². The number of esters is 1. The minimum atomic E-state index is -0.425. The second kappa shape index (κ2) is 10.2. The van der Waals surface area contributed by atoms with Crippen LogP contribution in [-0.4, -0.2) is 45.8 Å². The number of aromatic hydroxyl groups is 1. The van der Waals surface area contributed by atoms with Gasteiger partial charge < -0.3 is 15.2 Å². The lowest BCUT2D eigenvalue weighted by molar-refractivity contribution is -0.122. The van der Waals surface area contributed by atoms with E-state index in [9.17, 15) is 19.5 Å². The van der Waals surface area contributed by atoms with E-state index in [2.05, 4.69) is 10.1 Å². The minimum absolute atomic E-state index is 0.0714. The third-order valence-electron chi connectivity index (χ3n) is 4.42. The summed E-state index contributed by atoms with van der Waals surface area (Å²) in [6.07, 6.45) is 2.37. The van der Waals surface area contributed by atoms with Gasteiger partial charge in [0.2, 0.25) is 5.91 Å². The van der Waals surface area contributed by atoms with Gasteiger partial charge in [0.25, 0.3) is 5.91 Å². The van der Waals surface area contributed by atoms with E-state index in [-0.39, 0.29) is 24.0 Å². The van der Waals surface area contributed by atoms with Gasteiger partial charge in [-0.3, -0.25) is 14.5 Å². The first-order valence-electron chi connectivity index (χ1n) is 9.40. The summed E-state index contributed by atoms with van der Waals surface area (Å²) in [6.45, 7) is 0.330. The van der Waals surface area contributed by atoms with Crippen molar-refractivity contribution in [1.29, 1.82) is 0 Å². The lowest BCUT2D eigenvalue weighted by Gasteiger charge is -2.14. The molecule has 31 heavy (non-hydrogen) atoms. The highest BCUT2D eigenvalue weighted by atomic mass is 32.2. The number of ether oxygens (including phenoxy) is 1. The molecule has 160 valence electrons. The minimum Gasteiger partial charge on any atom is -0.508 e. The number of thiocarbonyl (C=S) groups is 1. The fraction of sp³-hybridized carbons (Fsp3) is 0.182. The van der Waals surface area contributed by atoms with Crippen molar-refractivity contribution in [3.05, 3.63) is 64.6 Å². The summed E-state index contributed by atoms with van der Waals surface area (Å²) in [7, 11) is 1.32. The van der Waals surface area contributed by atoms with Gasteiger partial charge in [-0.15, -0.1) is 0 Å². The Balaban J connectivity index is 1.54. The zero-order valence-corrected chi connectivity index (χ0v) is 18.3. The van der Waals surface area contributed by atoms with Crippen LogP contribution in [0.3, 0.4) is 0 Å². The number of hydrogen-bond donors (Lipinski definition) is 2. The first-order chi connectivity index (χ1) is 14.9. The van der Waals surface area contributed by atoms with Crippen molar-refractivity contribution in [3.8, 4) is 5.75 Å². The van der Waals surface area contributed by atoms with Crippen LogP contribution in [0.1, 0.15) is 28.8 Å². The Morgan fingerprint density at radius 3 is 2.65 bits per heavy atom. The van der Waals surface area contributed by atoms with E-state index in [1.807, 2.05) is 0 Å². The number of phenols is 1. The van der Waals surface area contributed by atoms with Gasteiger partial charge in [0.1, 0.15) is 10.1 Å². The lowest BCUT2D eigenvalue weighted by Crippen LogP contribution is -2.29. The molecular formula is C22H20N2O5S2. The average molecular weight is 457 g/mol. The van der Waals surface area contributed by atoms with Gasteiger partial charge in [0, 0.05) is 24.7 Å². The fourth-order valence-corrected chi connectivity index (χ4v) is 4.19. The van der Waals surface area contributed by atoms with Crippen LogP contribution in [0.4, 0.5) is 5.69 Å². The van der Waals surface area contributed by atoms with Crippen LogP contribution in [0.15, 0.2) is 53.4 Å². The Morgan fingerprint density at radius 1 is 1.23 bits per heavy atom. The van der Waals surface area contributed by atoms with Crippen LogP contribution in [0.2, 0.25) is 0 Å². The van der Waals surface area contributed by atoms with Crippen molar-refractivity contribution in [3.63, 3.8) is 0 Å². The summed E-state index contributed by atoms with van der Waals surface area (Å²) >= 11 is 6.52. The molecule has 2 N–H and O–H groups in total. The largest absolute Gasteiger partial charge is 0.508 e. The van der Waals surface area contributed by atoms with Crippen molar-refractivity contribution in [1.82, 2.24) is 4.90 Å². The van der Waals surface area contributed by atoms with Crippen molar-refractivity contribution in [2.24, 2.45) is 0 Å². The van der Waals surface area contributed by atoms with E-state index >= 15 is 0 Å². The third-order valence-corrected chi connectivity index (χ3v) is 5.80. The van der Waals surface area contributed by atoms with Gasteiger partial charge >= 0.3 is 5.97 Å². The monoisotopic (exact) mass is 456 g/mol. The number of rotatable bonds is 7. The zero-order chi connectivity index (χ0) is 22.4. The molecule has 2 aromatic carbocycles. The summed E-state index contributed by atoms with van der Waals surface area (Å²) in [5.74, 6) is -0.772. The van der Waals surface area contributed by atoms with E-state index in [1.54, 1.807) is 42.5 Å². The smallest absolute Gasteiger partial charge is 0.337 e. The topological polar surface area (TPSA) is 95.9 Å². The average Bonchev–Trinajstić information content (AvgIpc) is 3.01. The number of phenolic OH excluding ortho intramolecular Hbond substituents is 1. The number of carbonyl (C=O) groups is 3. The van der Waals surface area contributed by atoms with Gasteiger partial charge in [0.05, 0.1) is 17.6 Å². The first-order valence-corrected chi connectivity index (χ1v) is 10.6. The van der Waals surface area contributed by atoms with Crippen LogP contribution in [-0.2, 0) is 14.3 Å². The summed E-state index contributed by atoms with van der Waals surface area (Å²) < 4.78 is 5.11. The Kier molecular flexibility index (Phi) is 7.43. The molecule has 1 heterocycles. The van der Waals surface area contributed by atoms with Crippen LogP contribution in [0.25, 0.3) is 6.08 Å². The van der Waals surface area contributed by atoms with Crippen LogP contribution >= 0.6 is 24.0 Å². The molecule has 0 aromatic heterocycles. The molecule has 0 unspecified atom stereocenters. The lowest BCUT2D eigenvalue weighted by atomic mass is 10.1. The standard InChI is InChI=1S/C22H20N2O5S2/c1-29-21(28)15-9-7-14(8-10-15)12-18-20(27)24(22(30)31-18)11-3-6-19(26)23-16-4-2-5-17(25)13-16/h2,4-5,7-10,12-13,25H,3,6,11H2,1H3,(H,23,26)/b18-12-. The molecule has 1 fully saturated rings. The van der Waals surface area contributed by atoms with Gasteiger partial charge in [-0.05, 0) is 42.3 Å². The highest BCUT2D eigenvalue weighted by molar-refractivity contribution is 8.26. The summed E-state index contributed by atoms with van der Waals surface area (Å²) in [4.78, 5) is 38.3. The molecule has 0 atom stereocenters. The number of thioether (sulfide) groups is 1. The Bertz CT molecular complexity index is 1050. The molecule has 1 aliphatic rings. The number of amides is 2. The quantitative estimate of drug-likeness (QED) is 0.372. The Morgan fingerprint density at radius 2 is 1.97 bits per heavy atom. The number of benzene rings is 2. The van der Waals surface area contributed by atoms with Crippen molar-refractivity contribution in [2.45, 2.75) is 12.8 Å². The van der Waals surface area contributed by atoms with E-state index in [0.717, 1.165) is 5.56 Å². The normalized spacial score (nSPS) is 14.7. The third kappa shape index (κ3) is 5.93. The van der Waals surface area contributed by atoms with E-state index < -0.39 is 5.97 Å². The van der Waals surface area contributed by atoms with Gasteiger partial charge in [0.15, 0.2) is 0 Å². The maximum Gasteiger partial charge on any atom is 0.337 e. The molecule has 9 heteroatoms. The maximum atomic E-state index is 12.7. The van der Waals surface area contributed by atoms with Crippen LogP contribution in [0, 0.1) is 0 Å². The first kappa shape index (κ1) is 22.5. The second-order valence-electron chi connectivity index (χ2n) is 6.65. The summed E-state index contributed by atoms with van der Waals surface area (Å²) in [5.41, 5.74) is 1.70. The number of hydrogen-bond acceptors (Lipinski definition) is 7. The Labute approximate surface area is 189 Å². The fourth-order valence-electron chi connectivity index (χ4n) is 2.88. The molecule has 1 saturated heterocycles. The van der Waals surface area contributed by atoms with Gasteiger partial charge in [-0.25, -0.2) is 4.79 Å². The molecule has 0 spiro atoms. The number of anilines is 1. The number of carbonyl (C=O) groups excluding carboxylic acids is 3. The highest BCUT2D eigenvalue weighted by Gasteiger charge is 2.31. The molecule has 3 rings (SSSR count). The molecule has 0 aliphatic carbocycles. The van der Waals surface area contributed by atoms with Crippen molar-refractivity contribution >= 4 is 57.8 Å². The highest BCUT2D eigenvalue weighted by Crippen LogP contribution is 2.32. The van der Waals surface area contributed by atoms with Gasteiger partial charge in [-0.2, -0.15) is 0 Å². The molecule has 1 aliphatic heterocycles. The molecule has 7 nitrogen and oxygen atoms in total. The number of nitrogens with one attached hydrogen (secondary N) is 1. The molecule has 0 radical (unpaired) electrons. The zero-order valence-electron chi connectivity index (χ0n) is 16.7. The SMILES string of the molecule is COC(=O)c1ccc(/C=C2\SC(=S)N(CCCC(=O)Nc3cccc(O)c3)C2=O)cc1. The maximum absolute atomic E-state index is 12.7. The Hall–Kier alpha value is -3.17. The van der Waals surface area contributed by atoms with Crippen molar-refractivity contribution < 1.29 is 24.2 Å². The summed E-state index contributed by atoms with van der Waals surface area (Å²) in [6, 6.07) is 13.0. The molecule has 2 aromatic rings. The molecule has 0 saturated carbocycles. The number of nitrogens with zero attached hydrogens (tertiary/aromatic N) is 1. The van der Waals surface area contributed by atoms with E-state index in [1.165, 1.54) is 35.9 Å². The van der Waals surface area contributed by atoms with E-state index in [0.29, 0.717) is 33.4 Å². The predicted octanol–water partition coefficient (Wildman–Crippen LogP) is 3.80. The molecule has 2 amide bonds. The second-order valence-corrected chi connectivity index (χ2v) is 8.32. The summed E-state index contributed by atoms with van der Waals surface area (Å²) in [5, 5.41) is 12.1. The molecule has 0 bridgehead atoms. The van der Waals surface area contributed by atoms with E-state index in [4.69, 9.17) is 12.2 Å². The predicted molar refractivity (Wildman–Crippen MR) is 124 cm³/mol.